The van der Waals surface area contributed by atoms with Crippen LogP contribution in [0.5, 0.6) is 0 Å². The molecule has 168 valence electrons. The van der Waals surface area contributed by atoms with Crippen LogP contribution >= 0.6 is 15.9 Å². The molecule has 0 aliphatic heterocycles. The van der Waals surface area contributed by atoms with Gasteiger partial charge in [-0.05, 0) is 70.6 Å². The summed E-state index contributed by atoms with van der Waals surface area (Å²) < 4.78 is 36.9. The van der Waals surface area contributed by atoms with E-state index in [0.717, 1.165) is 20.6 Å². The number of carbonyl (C=O) groups excluding carboxylic acids is 2. The van der Waals surface area contributed by atoms with Gasteiger partial charge >= 0.3 is 12.1 Å². The molecule has 0 radical (unpaired) electrons. The summed E-state index contributed by atoms with van der Waals surface area (Å²) in [4.78, 5) is 25.3. The van der Waals surface area contributed by atoms with Crippen LogP contribution in [-0.2, 0) is 30.7 Å². The topological polar surface area (TPSA) is 90.0 Å². The van der Waals surface area contributed by atoms with Gasteiger partial charge in [-0.25, -0.2) is 17.5 Å². The van der Waals surface area contributed by atoms with Gasteiger partial charge in [-0.3, -0.25) is 4.79 Å². The molecule has 0 N–H and O–H groups in total. The molecule has 1 aliphatic carbocycles. The number of halogens is 1. The second kappa shape index (κ2) is 9.26. The lowest BCUT2D eigenvalue weighted by Gasteiger charge is -2.41. The summed E-state index contributed by atoms with van der Waals surface area (Å²) in [5, 5.41) is 0. The lowest BCUT2D eigenvalue weighted by molar-refractivity contribution is -0.155. The van der Waals surface area contributed by atoms with Crippen molar-refractivity contribution in [1.82, 2.24) is 4.31 Å². The normalized spacial score (nSPS) is 22.3. The first-order chi connectivity index (χ1) is 13.8. The Morgan fingerprint density at radius 1 is 1.23 bits per heavy atom. The van der Waals surface area contributed by atoms with Crippen molar-refractivity contribution < 1.29 is 27.5 Å². The second-order valence-electron chi connectivity index (χ2n) is 8.85. The Morgan fingerprint density at radius 3 is 2.30 bits per heavy atom. The third-order valence-corrected chi connectivity index (χ3v) is 6.88. The Bertz CT molecular complexity index is 885. The molecule has 1 saturated carbocycles. The number of ether oxygens (including phenoxy) is 2. The summed E-state index contributed by atoms with van der Waals surface area (Å²) in [5.74, 6) is -0.316. The van der Waals surface area contributed by atoms with Crippen LogP contribution in [0, 0.1) is 5.41 Å². The second-order valence-corrected chi connectivity index (χ2v) is 11.6. The summed E-state index contributed by atoms with van der Waals surface area (Å²) in [6.07, 6.45) is 2.13. The van der Waals surface area contributed by atoms with Crippen molar-refractivity contribution in [2.75, 3.05) is 13.4 Å². The number of rotatable bonds is 5. The lowest BCUT2D eigenvalue weighted by Crippen LogP contribution is -2.50. The van der Waals surface area contributed by atoms with Gasteiger partial charge in [0.2, 0.25) is 10.0 Å². The Labute approximate surface area is 187 Å². The number of hydrogen-bond acceptors (Lipinski definition) is 6. The first-order valence-electron chi connectivity index (χ1n) is 9.83. The van der Waals surface area contributed by atoms with E-state index < -0.39 is 33.2 Å². The van der Waals surface area contributed by atoms with Crippen molar-refractivity contribution >= 4 is 38.0 Å². The predicted octanol–water partition coefficient (Wildman–Crippen LogP) is 4.29. The van der Waals surface area contributed by atoms with E-state index in [0.29, 0.717) is 32.1 Å². The van der Waals surface area contributed by atoms with Crippen LogP contribution in [-0.4, -0.2) is 49.8 Å². The fraction of sp³-hybridized carbons (Fsp3) is 0.619. The average molecular weight is 504 g/mol. The summed E-state index contributed by atoms with van der Waals surface area (Å²) in [5.41, 5.74) is -0.589. The van der Waals surface area contributed by atoms with Crippen LogP contribution in [0.25, 0.3) is 0 Å². The highest BCUT2D eigenvalue weighted by atomic mass is 79.9. The van der Waals surface area contributed by atoms with E-state index in [1.54, 1.807) is 20.8 Å². The monoisotopic (exact) mass is 503 g/mol. The first kappa shape index (κ1) is 24.7. The number of sulfonamides is 1. The maximum atomic E-state index is 12.7. The quantitative estimate of drug-likeness (QED) is 0.556. The smallest absolute Gasteiger partial charge is 0.424 e. The standard InChI is InChI=1S/C21H30BrNO6S/c1-20(2,3)29-19(25)23(30(5,26)27)17-9-11-21(12-10-17,18(24)28-4)14-15-7-6-8-16(22)13-15/h6-8,13,17H,9-12,14H2,1-5H3. The Morgan fingerprint density at radius 2 is 1.83 bits per heavy atom. The molecule has 2 rings (SSSR count). The van der Waals surface area contributed by atoms with Gasteiger partial charge in [0, 0.05) is 4.47 Å². The average Bonchev–Trinajstić information content (AvgIpc) is 2.60. The van der Waals surface area contributed by atoms with Crippen LogP contribution < -0.4 is 0 Å². The van der Waals surface area contributed by atoms with Crippen molar-refractivity contribution in [3.05, 3.63) is 34.3 Å². The van der Waals surface area contributed by atoms with Gasteiger partial charge in [0.05, 0.1) is 24.8 Å². The molecule has 0 aromatic heterocycles. The third-order valence-electron chi connectivity index (χ3n) is 5.22. The van der Waals surface area contributed by atoms with Crippen molar-refractivity contribution in [1.29, 1.82) is 0 Å². The van der Waals surface area contributed by atoms with Crippen molar-refractivity contribution in [2.45, 2.75) is 64.5 Å². The summed E-state index contributed by atoms with van der Waals surface area (Å²) in [6.45, 7) is 5.06. The number of esters is 1. The molecule has 1 aromatic rings. The Hall–Kier alpha value is -1.61. The molecule has 0 spiro atoms. The molecule has 30 heavy (non-hydrogen) atoms. The van der Waals surface area contributed by atoms with Crippen molar-refractivity contribution in [3.63, 3.8) is 0 Å². The Balaban J connectivity index is 2.25. The third kappa shape index (κ3) is 6.20. The van der Waals surface area contributed by atoms with Crippen molar-refractivity contribution in [3.8, 4) is 0 Å². The van der Waals surface area contributed by atoms with Crippen LogP contribution in [0.1, 0.15) is 52.0 Å². The van der Waals surface area contributed by atoms with Gasteiger partial charge in [-0.15, -0.1) is 0 Å². The molecular formula is C21H30BrNO6S. The zero-order valence-electron chi connectivity index (χ0n) is 18.1. The maximum absolute atomic E-state index is 12.7. The Kier molecular flexibility index (Phi) is 7.61. The minimum absolute atomic E-state index is 0.316. The van der Waals surface area contributed by atoms with E-state index in [1.165, 1.54) is 7.11 Å². The van der Waals surface area contributed by atoms with Gasteiger partial charge in [0.25, 0.3) is 0 Å². The largest absolute Gasteiger partial charge is 0.469 e. The molecule has 0 heterocycles. The molecule has 0 bridgehead atoms. The molecule has 1 amide bonds. The fourth-order valence-electron chi connectivity index (χ4n) is 3.96. The minimum Gasteiger partial charge on any atom is -0.469 e. The van der Waals surface area contributed by atoms with Gasteiger partial charge in [0.15, 0.2) is 0 Å². The number of hydrogen-bond donors (Lipinski definition) is 0. The predicted molar refractivity (Wildman–Crippen MR) is 117 cm³/mol. The van der Waals surface area contributed by atoms with E-state index in [9.17, 15) is 18.0 Å². The van der Waals surface area contributed by atoms with E-state index >= 15 is 0 Å². The number of nitrogens with zero attached hydrogens (tertiary/aromatic N) is 1. The fourth-order valence-corrected chi connectivity index (χ4v) is 5.47. The number of benzene rings is 1. The molecule has 9 heteroatoms. The van der Waals surface area contributed by atoms with Crippen LogP contribution in [0.4, 0.5) is 4.79 Å². The zero-order chi connectivity index (χ0) is 22.7. The molecule has 1 fully saturated rings. The van der Waals surface area contributed by atoms with Gasteiger partial charge in [0.1, 0.15) is 5.60 Å². The van der Waals surface area contributed by atoms with Crippen LogP contribution in [0.3, 0.4) is 0 Å². The summed E-state index contributed by atoms with van der Waals surface area (Å²) >= 11 is 3.45. The molecule has 0 atom stereocenters. The maximum Gasteiger partial charge on any atom is 0.424 e. The zero-order valence-corrected chi connectivity index (χ0v) is 20.5. The highest BCUT2D eigenvalue weighted by molar-refractivity contribution is 9.10. The number of carbonyl (C=O) groups is 2. The first-order valence-corrected chi connectivity index (χ1v) is 12.5. The van der Waals surface area contributed by atoms with Crippen molar-refractivity contribution in [2.24, 2.45) is 5.41 Å². The van der Waals surface area contributed by atoms with Gasteiger partial charge in [-0.2, -0.15) is 0 Å². The molecule has 0 saturated heterocycles. The SMILES string of the molecule is COC(=O)C1(Cc2cccc(Br)c2)CCC(N(C(=O)OC(C)(C)C)S(C)(=O)=O)CC1. The van der Waals surface area contributed by atoms with Crippen LogP contribution in [0.2, 0.25) is 0 Å². The van der Waals surface area contributed by atoms with Crippen LogP contribution in [0.15, 0.2) is 28.7 Å². The summed E-state index contributed by atoms with van der Waals surface area (Å²) in [6, 6.07) is 7.17. The van der Waals surface area contributed by atoms with Gasteiger partial charge in [-0.1, -0.05) is 28.1 Å². The molecule has 1 aliphatic rings. The van der Waals surface area contributed by atoms with Gasteiger partial charge < -0.3 is 9.47 Å². The molecule has 7 nitrogen and oxygen atoms in total. The van der Waals surface area contributed by atoms with E-state index in [4.69, 9.17) is 9.47 Å². The minimum atomic E-state index is -3.83. The number of amides is 1. The van der Waals surface area contributed by atoms with E-state index in [2.05, 4.69) is 15.9 Å². The van der Waals surface area contributed by atoms with E-state index in [1.807, 2.05) is 24.3 Å². The summed E-state index contributed by atoms with van der Waals surface area (Å²) in [7, 11) is -2.47. The lowest BCUT2D eigenvalue weighted by atomic mass is 9.69. The highest BCUT2D eigenvalue weighted by Gasteiger charge is 2.46. The molecule has 1 aromatic carbocycles. The number of methoxy groups -OCH3 is 1. The highest BCUT2D eigenvalue weighted by Crippen LogP contribution is 2.42. The van der Waals surface area contributed by atoms with E-state index in [-0.39, 0.29) is 5.97 Å². The molecule has 0 unspecified atom stereocenters. The molecular weight excluding hydrogens is 474 g/mol.